The molecule has 0 saturated heterocycles. The highest BCUT2D eigenvalue weighted by atomic mass is 32.1. The molecule has 0 radical (unpaired) electrons. The van der Waals surface area contributed by atoms with Gasteiger partial charge in [-0.3, -0.25) is 4.98 Å². The van der Waals surface area contributed by atoms with Crippen molar-refractivity contribution in [2.75, 3.05) is 4.90 Å². The summed E-state index contributed by atoms with van der Waals surface area (Å²) in [5.41, 5.74) is 10.3. The van der Waals surface area contributed by atoms with Gasteiger partial charge in [-0.25, -0.2) is 0 Å². The fourth-order valence-corrected chi connectivity index (χ4v) is 7.07. The van der Waals surface area contributed by atoms with Crippen molar-refractivity contribution in [3.8, 4) is 33.5 Å². The van der Waals surface area contributed by atoms with E-state index in [9.17, 15) is 0 Å². The van der Waals surface area contributed by atoms with Gasteiger partial charge in [-0.15, -0.1) is 11.3 Å². The lowest BCUT2D eigenvalue weighted by Gasteiger charge is -2.26. The van der Waals surface area contributed by atoms with E-state index in [2.05, 4.69) is 169 Å². The summed E-state index contributed by atoms with van der Waals surface area (Å²) in [5.74, 6) is 0. The maximum Gasteiger partial charge on any atom is 0.0795 e. The molecule has 0 bridgehead atoms. The van der Waals surface area contributed by atoms with Crippen molar-refractivity contribution >= 4 is 48.6 Å². The number of nitrogens with zero attached hydrogens (tertiary/aromatic N) is 2. The average Bonchev–Trinajstić information content (AvgIpc) is 3.49. The molecule has 6 aromatic carbocycles. The van der Waals surface area contributed by atoms with Crippen LogP contribution in [0.3, 0.4) is 0 Å². The van der Waals surface area contributed by atoms with Crippen LogP contribution in [-0.4, -0.2) is 4.98 Å². The minimum absolute atomic E-state index is 1.03. The lowest BCUT2D eigenvalue weighted by molar-refractivity contribution is 1.28. The standard InChI is InChI=1S/C41H28N2S/c1-3-9-29(10-4-1)31-15-21-34(22-16-31)43(35-23-17-32(18-24-35)30-11-5-2-6-12-30)36-25-19-33(20-26-36)41-40-37-13-7-8-14-38(37)44-39(40)27-28-42-41/h1-28H. The van der Waals surface area contributed by atoms with E-state index in [1.807, 2.05) is 17.5 Å². The normalized spacial score (nSPS) is 11.2. The molecule has 0 fully saturated rings. The van der Waals surface area contributed by atoms with Crippen molar-refractivity contribution in [3.63, 3.8) is 0 Å². The third-order valence-electron chi connectivity index (χ3n) is 8.15. The van der Waals surface area contributed by atoms with Gasteiger partial charge in [0.15, 0.2) is 0 Å². The molecule has 8 aromatic rings. The van der Waals surface area contributed by atoms with Gasteiger partial charge in [0.2, 0.25) is 0 Å². The van der Waals surface area contributed by atoms with Crippen molar-refractivity contribution in [3.05, 3.63) is 170 Å². The number of hydrogen-bond acceptors (Lipinski definition) is 3. The molecule has 8 rings (SSSR count). The Labute approximate surface area is 261 Å². The molecule has 0 aliphatic carbocycles. The molecule has 3 heteroatoms. The number of benzene rings is 6. The zero-order chi connectivity index (χ0) is 29.3. The number of rotatable bonds is 6. The monoisotopic (exact) mass is 580 g/mol. The molecule has 0 amide bonds. The largest absolute Gasteiger partial charge is 0.311 e. The van der Waals surface area contributed by atoms with Gasteiger partial charge in [-0.2, -0.15) is 0 Å². The fraction of sp³-hybridized carbons (Fsp3) is 0. The zero-order valence-electron chi connectivity index (χ0n) is 24.0. The molecule has 0 spiro atoms. The van der Waals surface area contributed by atoms with Crippen LogP contribution in [0.5, 0.6) is 0 Å². The summed E-state index contributed by atoms with van der Waals surface area (Å²) in [6.45, 7) is 0. The van der Waals surface area contributed by atoms with E-state index in [1.165, 1.54) is 42.4 Å². The molecule has 0 unspecified atom stereocenters. The predicted molar refractivity (Wildman–Crippen MR) is 188 cm³/mol. The maximum absolute atomic E-state index is 4.86. The van der Waals surface area contributed by atoms with Crippen LogP contribution >= 0.6 is 11.3 Å². The number of thiophene rings is 1. The highest BCUT2D eigenvalue weighted by molar-refractivity contribution is 7.25. The average molecular weight is 581 g/mol. The molecular weight excluding hydrogens is 553 g/mol. The second-order valence-corrected chi connectivity index (χ2v) is 11.9. The fourth-order valence-electron chi connectivity index (χ4n) is 5.97. The number of fused-ring (bicyclic) bond motifs is 3. The Kier molecular flexibility index (Phi) is 6.71. The number of aromatic nitrogens is 1. The van der Waals surface area contributed by atoms with Gasteiger partial charge >= 0.3 is 0 Å². The van der Waals surface area contributed by atoms with Gasteiger partial charge in [0.1, 0.15) is 0 Å². The molecule has 0 atom stereocenters. The second-order valence-electron chi connectivity index (χ2n) is 10.8. The topological polar surface area (TPSA) is 16.1 Å². The van der Waals surface area contributed by atoms with Gasteiger partial charge in [0.25, 0.3) is 0 Å². The summed E-state index contributed by atoms with van der Waals surface area (Å²) in [7, 11) is 0. The molecule has 0 saturated carbocycles. The zero-order valence-corrected chi connectivity index (χ0v) is 24.8. The Bertz CT molecular complexity index is 2100. The van der Waals surface area contributed by atoms with Crippen LogP contribution in [0.15, 0.2) is 170 Å². The number of anilines is 3. The maximum atomic E-state index is 4.86. The van der Waals surface area contributed by atoms with Crippen molar-refractivity contribution in [1.82, 2.24) is 4.98 Å². The smallest absolute Gasteiger partial charge is 0.0795 e. The SMILES string of the molecule is c1ccc(-c2ccc(N(c3ccc(-c4ccccc4)cc3)c3ccc(-c4nccc5sc6ccccc6c45)cc3)cc2)cc1. The quantitative estimate of drug-likeness (QED) is 0.194. The van der Waals surface area contributed by atoms with Crippen molar-refractivity contribution in [2.24, 2.45) is 0 Å². The Morgan fingerprint density at radius 3 is 1.39 bits per heavy atom. The first-order chi connectivity index (χ1) is 21.8. The lowest BCUT2D eigenvalue weighted by Crippen LogP contribution is -2.09. The Morgan fingerprint density at radius 2 is 0.841 bits per heavy atom. The molecule has 208 valence electrons. The van der Waals surface area contributed by atoms with E-state index in [1.54, 1.807) is 0 Å². The minimum atomic E-state index is 1.03. The predicted octanol–water partition coefficient (Wildman–Crippen LogP) is 11.9. The Balaban J connectivity index is 1.20. The van der Waals surface area contributed by atoms with E-state index in [4.69, 9.17) is 4.98 Å². The highest BCUT2D eigenvalue weighted by Gasteiger charge is 2.16. The molecular formula is C41H28N2S. The first-order valence-corrected chi connectivity index (χ1v) is 15.6. The van der Waals surface area contributed by atoms with E-state index >= 15 is 0 Å². The van der Waals surface area contributed by atoms with Gasteiger partial charge in [-0.05, 0) is 70.8 Å². The molecule has 2 nitrogen and oxygen atoms in total. The summed E-state index contributed by atoms with van der Waals surface area (Å²) in [4.78, 5) is 7.18. The van der Waals surface area contributed by atoms with Crippen LogP contribution in [0.25, 0.3) is 53.7 Å². The van der Waals surface area contributed by atoms with Gasteiger partial charge in [-0.1, -0.05) is 115 Å². The summed E-state index contributed by atoms with van der Waals surface area (Å²) < 4.78 is 2.55. The van der Waals surface area contributed by atoms with E-state index in [0.29, 0.717) is 0 Å². The van der Waals surface area contributed by atoms with Crippen molar-refractivity contribution in [1.29, 1.82) is 0 Å². The van der Waals surface area contributed by atoms with E-state index in [0.717, 1.165) is 28.3 Å². The van der Waals surface area contributed by atoms with Crippen LogP contribution in [0.2, 0.25) is 0 Å². The first-order valence-electron chi connectivity index (χ1n) is 14.8. The van der Waals surface area contributed by atoms with E-state index in [-0.39, 0.29) is 0 Å². The summed E-state index contributed by atoms with van der Waals surface area (Å²) in [6.07, 6.45) is 1.93. The molecule has 0 aliphatic heterocycles. The summed E-state index contributed by atoms with van der Waals surface area (Å²) in [5, 5.41) is 2.49. The first kappa shape index (κ1) is 26.1. The van der Waals surface area contributed by atoms with E-state index < -0.39 is 0 Å². The molecule has 0 aliphatic rings. The molecule has 0 N–H and O–H groups in total. The molecule has 2 heterocycles. The number of pyridine rings is 1. The van der Waals surface area contributed by atoms with Crippen LogP contribution in [0.4, 0.5) is 17.1 Å². The Hall–Kier alpha value is -5.51. The summed E-state index contributed by atoms with van der Waals surface area (Å²) >= 11 is 1.82. The highest BCUT2D eigenvalue weighted by Crippen LogP contribution is 2.41. The lowest BCUT2D eigenvalue weighted by atomic mass is 10.0. The third kappa shape index (κ3) is 4.84. The van der Waals surface area contributed by atoms with Crippen LogP contribution in [0.1, 0.15) is 0 Å². The molecule has 2 aromatic heterocycles. The van der Waals surface area contributed by atoms with Gasteiger partial charge in [0, 0.05) is 49.0 Å². The minimum Gasteiger partial charge on any atom is -0.311 e. The third-order valence-corrected chi connectivity index (χ3v) is 9.29. The van der Waals surface area contributed by atoms with Gasteiger partial charge in [0.05, 0.1) is 5.69 Å². The summed E-state index contributed by atoms with van der Waals surface area (Å²) in [6, 6.07) is 58.3. The second kappa shape index (κ2) is 11.3. The number of hydrogen-bond donors (Lipinski definition) is 0. The van der Waals surface area contributed by atoms with Crippen LogP contribution < -0.4 is 4.90 Å². The van der Waals surface area contributed by atoms with Crippen LogP contribution in [-0.2, 0) is 0 Å². The van der Waals surface area contributed by atoms with Crippen molar-refractivity contribution in [2.45, 2.75) is 0 Å². The Morgan fingerprint density at radius 1 is 0.386 bits per heavy atom. The molecule has 44 heavy (non-hydrogen) atoms. The van der Waals surface area contributed by atoms with Gasteiger partial charge < -0.3 is 4.90 Å². The van der Waals surface area contributed by atoms with Crippen LogP contribution in [0, 0.1) is 0 Å². The van der Waals surface area contributed by atoms with Crippen molar-refractivity contribution < 1.29 is 0 Å².